The maximum atomic E-state index is 12.7. The van der Waals surface area contributed by atoms with E-state index in [0.29, 0.717) is 12.5 Å². The first-order valence-electron chi connectivity index (χ1n) is 9.63. The highest BCUT2D eigenvalue weighted by Crippen LogP contribution is 2.30. The lowest BCUT2D eigenvalue weighted by molar-refractivity contribution is 0.241. The fourth-order valence-electron chi connectivity index (χ4n) is 4.24. The van der Waals surface area contributed by atoms with Crippen LogP contribution in [0.25, 0.3) is 0 Å². The highest BCUT2D eigenvalue weighted by molar-refractivity contribution is 5.39. The summed E-state index contributed by atoms with van der Waals surface area (Å²) < 4.78 is 0. The third kappa shape index (κ3) is 3.45. The number of hydrogen-bond donors (Lipinski definition) is 1. The van der Waals surface area contributed by atoms with Crippen LogP contribution in [0, 0.1) is 12.3 Å². The van der Waals surface area contributed by atoms with Crippen molar-refractivity contribution in [3.05, 3.63) is 62.8 Å². The topological polar surface area (TPSA) is 49.0 Å². The zero-order valence-corrected chi connectivity index (χ0v) is 15.1. The first-order valence-corrected chi connectivity index (χ1v) is 9.63. The van der Waals surface area contributed by atoms with E-state index in [2.05, 4.69) is 21.9 Å². The van der Waals surface area contributed by atoms with E-state index in [0.717, 1.165) is 60.6 Å². The molecule has 1 aromatic heterocycles. The summed E-state index contributed by atoms with van der Waals surface area (Å²) >= 11 is 0. The number of benzene rings is 1. The standard InChI is InChI=1S/C22H25N3O/c1-2-16-8-6-7-11-18(16)14-25-13-12-20-19(15-25)22(26)24-21(23-20)17-9-4-3-5-10-17/h1,6-8,11,17H,3-5,9-10,12-15H2,(H,23,24,26). The number of rotatable bonds is 3. The van der Waals surface area contributed by atoms with Gasteiger partial charge < -0.3 is 4.98 Å². The van der Waals surface area contributed by atoms with Gasteiger partial charge in [-0.2, -0.15) is 0 Å². The molecule has 4 nitrogen and oxygen atoms in total. The van der Waals surface area contributed by atoms with Crippen molar-refractivity contribution in [3.8, 4) is 12.3 Å². The summed E-state index contributed by atoms with van der Waals surface area (Å²) in [4.78, 5) is 22.9. The summed E-state index contributed by atoms with van der Waals surface area (Å²) in [6.07, 6.45) is 12.5. The van der Waals surface area contributed by atoms with Gasteiger partial charge in [0, 0.05) is 37.5 Å². The Morgan fingerprint density at radius 3 is 2.85 bits per heavy atom. The molecule has 2 heterocycles. The van der Waals surface area contributed by atoms with Crippen molar-refractivity contribution in [2.24, 2.45) is 0 Å². The maximum Gasteiger partial charge on any atom is 0.255 e. The van der Waals surface area contributed by atoms with Crippen LogP contribution in [-0.2, 0) is 19.5 Å². The second kappa shape index (κ2) is 7.47. The third-order valence-electron chi connectivity index (χ3n) is 5.72. The van der Waals surface area contributed by atoms with Crippen LogP contribution in [0.5, 0.6) is 0 Å². The molecular formula is C22H25N3O. The molecule has 1 aliphatic heterocycles. The Bertz CT molecular complexity index is 887. The molecule has 1 N–H and O–H groups in total. The van der Waals surface area contributed by atoms with E-state index in [1.807, 2.05) is 18.2 Å². The molecular weight excluding hydrogens is 322 g/mol. The number of hydrogen-bond acceptors (Lipinski definition) is 3. The third-order valence-corrected chi connectivity index (χ3v) is 5.72. The predicted molar refractivity (Wildman–Crippen MR) is 103 cm³/mol. The fourth-order valence-corrected chi connectivity index (χ4v) is 4.24. The quantitative estimate of drug-likeness (QED) is 0.866. The first-order chi connectivity index (χ1) is 12.7. The fraction of sp³-hybridized carbons (Fsp3) is 0.455. The Balaban J connectivity index is 1.54. The molecule has 0 unspecified atom stereocenters. The monoisotopic (exact) mass is 347 g/mol. The normalized spacial score (nSPS) is 18.3. The summed E-state index contributed by atoms with van der Waals surface area (Å²) in [6, 6.07) is 8.02. The van der Waals surface area contributed by atoms with Crippen LogP contribution in [0.1, 0.15) is 66.2 Å². The van der Waals surface area contributed by atoms with Crippen molar-refractivity contribution in [2.75, 3.05) is 6.54 Å². The largest absolute Gasteiger partial charge is 0.310 e. The van der Waals surface area contributed by atoms with Gasteiger partial charge >= 0.3 is 0 Å². The molecule has 0 radical (unpaired) electrons. The van der Waals surface area contributed by atoms with Crippen LogP contribution in [0.15, 0.2) is 29.1 Å². The Kier molecular flexibility index (Phi) is 4.90. The summed E-state index contributed by atoms with van der Waals surface area (Å²) in [5.74, 6) is 4.10. The van der Waals surface area contributed by atoms with Crippen molar-refractivity contribution >= 4 is 0 Å². The highest BCUT2D eigenvalue weighted by atomic mass is 16.1. The van der Waals surface area contributed by atoms with Gasteiger partial charge in [0.1, 0.15) is 5.82 Å². The van der Waals surface area contributed by atoms with Crippen molar-refractivity contribution in [2.45, 2.75) is 57.5 Å². The van der Waals surface area contributed by atoms with E-state index in [9.17, 15) is 4.79 Å². The van der Waals surface area contributed by atoms with Crippen molar-refractivity contribution in [3.63, 3.8) is 0 Å². The van der Waals surface area contributed by atoms with Gasteiger partial charge in [0.15, 0.2) is 0 Å². The van der Waals surface area contributed by atoms with E-state index < -0.39 is 0 Å². The van der Waals surface area contributed by atoms with E-state index in [1.54, 1.807) is 0 Å². The lowest BCUT2D eigenvalue weighted by Crippen LogP contribution is -2.36. The first kappa shape index (κ1) is 17.1. The van der Waals surface area contributed by atoms with E-state index >= 15 is 0 Å². The molecule has 1 aromatic carbocycles. The Hall–Kier alpha value is -2.38. The molecule has 134 valence electrons. The molecule has 0 spiro atoms. The lowest BCUT2D eigenvalue weighted by Gasteiger charge is -2.29. The highest BCUT2D eigenvalue weighted by Gasteiger charge is 2.24. The smallest absolute Gasteiger partial charge is 0.255 e. The second-order valence-electron chi connectivity index (χ2n) is 7.47. The molecule has 1 saturated carbocycles. The minimum Gasteiger partial charge on any atom is -0.310 e. The molecule has 1 fully saturated rings. The van der Waals surface area contributed by atoms with Gasteiger partial charge in [-0.15, -0.1) is 6.42 Å². The number of terminal acetylenes is 1. The summed E-state index contributed by atoms with van der Waals surface area (Å²) in [7, 11) is 0. The van der Waals surface area contributed by atoms with Crippen LogP contribution < -0.4 is 5.56 Å². The number of fused-ring (bicyclic) bond motifs is 1. The SMILES string of the molecule is C#Cc1ccccc1CN1CCc2nc(C3CCCCC3)[nH]c(=O)c2C1. The van der Waals surface area contributed by atoms with Gasteiger partial charge in [0.25, 0.3) is 5.56 Å². The molecule has 2 aromatic rings. The minimum absolute atomic E-state index is 0.0468. The molecule has 0 amide bonds. The average Bonchev–Trinajstić information content (AvgIpc) is 2.69. The van der Waals surface area contributed by atoms with Crippen molar-refractivity contribution in [1.29, 1.82) is 0 Å². The van der Waals surface area contributed by atoms with E-state index in [4.69, 9.17) is 11.4 Å². The molecule has 4 heteroatoms. The Morgan fingerprint density at radius 2 is 2.04 bits per heavy atom. The zero-order chi connectivity index (χ0) is 17.9. The van der Waals surface area contributed by atoms with Gasteiger partial charge in [-0.25, -0.2) is 4.98 Å². The molecule has 4 rings (SSSR count). The molecule has 1 aliphatic carbocycles. The summed E-state index contributed by atoms with van der Waals surface area (Å²) in [5.41, 5.74) is 3.94. The zero-order valence-electron chi connectivity index (χ0n) is 15.1. The van der Waals surface area contributed by atoms with Crippen molar-refractivity contribution in [1.82, 2.24) is 14.9 Å². The Labute approximate surface area is 154 Å². The van der Waals surface area contributed by atoms with E-state index in [-0.39, 0.29) is 5.56 Å². The number of nitrogens with one attached hydrogen (secondary N) is 1. The van der Waals surface area contributed by atoms with Gasteiger partial charge in [-0.05, 0) is 24.5 Å². The van der Waals surface area contributed by atoms with Crippen LogP contribution in [0.4, 0.5) is 0 Å². The van der Waals surface area contributed by atoms with Crippen molar-refractivity contribution < 1.29 is 0 Å². The van der Waals surface area contributed by atoms with E-state index in [1.165, 1.54) is 19.3 Å². The van der Waals surface area contributed by atoms with Gasteiger partial charge in [-0.3, -0.25) is 9.69 Å². The predicted octanol–water partition coefficient (Wildman–Crippen LogP) is 3.36. The molecule has 0 bridgehead atoms. The number of aromatic amines is 1. The second-order valence-corrected chi connectivity index (χ2v) is 7.47. The van der Waals surface area contributed by atoms with Crippen LogP contribution in [-0.4, -0.2) is 21.4 Å². The summed E-state index contributed by atoms with van der Waals surface area (Å²) in [6.45, 7) is 2.32. The van der Waals surface area contributed by atoms with Gasteiger partial charge in [0.05, 0.1) is 11.3 Å². The maximum absolute atomic E-state index is 12.7. The Morgan fingerprint density at radius 1 is 1.23 bits per heavy atom. The van der Waals surface area contributed by atoms with Gasteiger partial charge in [0.2, 0.25) is 0 Å². The number of aromatic nitrogens is 2. The average molecular weight is 347 g/mol. The lowest BCUT2D eigenvalue weighted by atomic mass is 9.88. The van der Waals surface area contributed by atoms with Gasteiger partial charge in [-0.1, -0.05) is 43.4 Å². The number of H-pyrrole nitrogens is 1. The minimum atomic E-state index is 0.0468. The number of nitrogens with zero attached hydrogens (tertiary/aromatic N) is 2. The summed E-state index contributed by atoms with van der Waals surface area (Å²) in [5, 5.41) is 0. The molecule has 2 aliphatic rings. The van der Waals surface area contributed by atoms with Crippen LogP contribution in [0.3, 0.4) is 0 Å². The molecule has 0 atom stereocenters. The van der Waals surface area contributed by atoms with Crippen LogP contribution in [0.2, 0.25) is 0 Å². The molecule has 0 saturated heterocycles. The molecule has 26 heavy (non-hydrogen) atoms. The van der Waals surface area contributed by atoms with Crippen LogP contribution >= 0.6 is 0 Å².